The minimum Gasteiger partial charge on any atom is -0.364 e. The summed E-state index contributed by atoms with van der Waals surface area (Å²) >= 11 is 5.89. The van der Waals surface area contributed by atoms with Gasteiger partial charge < -0.3 is 20.9 Å². The van der Waals surface area contributed by atoms with Gasteiger partial charge in [0.25, 0.3) is 5.91 Å². The van der Waals surface area contributed by atoms with E-state index >= 15 is 0 Å². The second-order valence-electron chi connectivity index (χ2n) is 9.17. The van der Waals surface area contributed by atoms with Crippen LogP contribution in [0.25, 0.3) is 0 Å². The van der Waals surface area contributed by atoms with Crippen LogP contribution in [-0.4, -0.2) is 20.6 Å². The fourth-order valence-corrected chi connectivity index (χ4v) is 5.10. The van der Waals surface area contributed by atoms with Gasteiger partial charge in [0.15, 0.2) is 10.8 Å². The Bertz CT molecular complexity index is 1440. The van der Waals surface area contributed by atoms with Gasteiger partial charge in [-0.25, -0.2) is 4.98 Å². The molecule has 6 nitrogen and oxygen atoms in total. The Morgan fingerprint density at radius 3 is 1.69 bits per heavy atom. The zero-order valence-corrected chi connectivity index (χ0v) is 22.1. The summed E-state index contributed by atoms with van der Waals surface area (Å²) in [7, 11) is 0. The molecular weight excluding hydrogens is 502 g/mol. The van der Waals surface area contributed by atoms with E-state index in [0.717, 1.165) is 22.3 Å². The molecule has 1 amide bonds. The van der Waals surface area contributed by atoms with E-state index in [0.29, 0.717) is 17.4 Å². The number of thiocarbonyl (C=S) groups is 1. The number of nitrogens with one attached hydrogen (secondary N) is 2. The van der Waals surface area contributed by atoms with Crippen molar-refractivity contribution in [3.8, 4) is 0 Å². The number of hydrogen-bond donors (Lipinski definition) is 3. The number of carbonyl (C=O) groups is 1. The van der Waals surface area contributed by atoms with Crippen molar-refractivity contribution < 1.29 is 4.79 Å². The van der Waals surface area contributed by atoms with E-state index in [2.05, 4.69) is 52.0 Å². The van der Waals surface area contributed by atoms with Crippen molar-refractivity contribution in [2.45, 2.75) is 18.6 Å². The van der Waals surface area contributed by atoms with Gasteiger partial charge in [0.2, 0.25) is 0 Å². The van der Waals surface area contributed by atoms with Crippen molar-refractivity contribution in [3.05, 3.63) is 161 Å². The first-order valence-corrected chi connectivity index (χ1v) is 13.1. The Labute approximate surface area is 233 Å². The lowest BCUT2D eigenvalue weighted by Crippen LogP contribution is -2.51. The predicted molar refractivity (Wildman–Crippen MR) is 158 cm³/mol. The second kappa shape index (κ2) is 11.8. The van der Waals surface area contributed by atoms with Crippen LogP contribution in [0.15, 0.2) is 128 Å². The van der Waals surface area contributed by atoms with E-state index < -0.39 is 11.4 Å². The Balaban J connectivity index is 1.48. The van der Waals surface area contributed by atoms with E-state index in [1.54, 1.807) is 6.33 Å². The molecule has 0 aliphatic carbocycles. The molecule has 0 radical (unpaired) electrons. The third-order valence-electron chi connectivity index (χ3n) is 6.71. The van der Waals surface area contributed by atoms with Crippen molar-refractivity contribution in [1.29, 1.82) is 0 Å². The van der Waals surface area contributed by atoms with Crippen LogP contribution in [0.2, 0.25) is 0 Å². The normalized spacial score (nSPS) is 11.1. The molecule has 4 aromatic carbocycles. The fraction of sp³-hybridized carbons (Fsp3) is 0.0938. The number of imidazole rings is 1. The Kier molecular flexibility index (Phi) is 7.80. The largest absolute Gasteiger partial charge is 0.364 e. The van der Waals surface area contributed by atoms with Crippen LogP contribution in [0.1, 0.15) is 38.4 Å². The molecule has 4 N–H and O–H groups in total. The molecule has 7 heteroatoms. The number of amides is 1. The lowest BCUT2D eigenvalue weighted by atomic mass is 9.77. The molecular formula is C32H29N5OS. The van der Waals surface area contributed by atoms with Gasteiger partial charge in [-0.1, -0.05) is 121 Å². The zero-order valence-electron chi connectivity index (χ0n) is 21.3. The van der Waals surface area contributed by atoms with Gasteiger partial charge >= 0.3 is 0 Å². The zero-order chi connectivity index (χ0) is 27.1. The summed E-state index contributed by atoms with van der Waals surface area (Å²) in [6.07, 6.45) is 1.64. The second-order valence-corrected chi connectivity index (χ2v) is 9.58. The number of hydrogen-bond acceptors (Lipinski definition) is 3. The van der Waals surface area contributed by atoms with E-state index in [9.17, 15) is 4.79 Å². The maximum atomic E-state index is 12.2. The SMILES string of the molecule is NC(=O)c1ncn(Cc2ccccc2)c1CNC(=S)NC(c1ccccc1)(c1ccccc1)c1ccccc1. The van der Waals surface area contributed by atoms with Gasteiger partial charge in [-0.15, -0.1) is 0 Å². The molecule has 0 saturated carbocycles. The first-order chi connectivity index (χ1) is 19.1. The monoisotopic (exact) mass is 531 g/mol. The molecule has 0 bridgehead atoms. The van der Waals surface area contributed by atoms with Crippen LogP contribution in [0.3, 0.4) is 0 Å². The molecule has 0 atom stereocenters. The average molecular weight is 532 g/mol. The molecule has 194 valence electrons. The average Bonchev–Trinajstić information content (AvgIpc) is 3.39. The minimum absolute atomic E-state index is 0.224. The highest BCUT2D eigenvalue weighted by molar-refractivity contribution is 7.80. The molecule has 1 aromatic heterocycles. The summed E-state index contributed by atoms with van der Waals surface area (Å²) in [5.41, 5.74) is 10.0. The van der Waals surface area contributed by atoms with E-state index in [1.165, 1.54) is 0 Å². The number of carbonyl (C=O) groups excluding carboxylic acids is 1. The number of nitrogens with zero attached hydrogens (tertiary/aromatic N) is 2. The van der Waals surface area contributed by atoms with Crippen molar-refractivity contribution in [3.63, 3.8) is 0 Å². The van der Waals surface area contributed by atoms with E-state index in [1.807, 2.05) is 89.5 Å². The van der Waals surface area contributed by atoms with Crippen LogP contribution < -0.4 is 16.4 Å². The smallest absolute Gasteiger partial charge is 0.269 e. The van der Waals surface area contributed by atoms with E-state index in [4.69, 9.17) is 18.0 Å². The Morgan fingerprint density at radius 2 is 1.23 bits per heavy atom. The van der Waals surface area contributed by atoms with Crippen LogP contribution in [0, 0.1) is 0 Å². The van der Waals surface area contributed by atoms with E-state index in [-0.39, 0.29) is 12.2 Å². The molecule has 0 saturated heterocycles. The summed E-state index contributed by atoms with van der Waals surface area (Å²) < 4.78 is 1.92. The van der Waals surface area contributed by atoms with Gasteiger partial charge in [-0.05, 0) is 34.5 Å². The maximum absolute atomic E-state index is 12.2. The quantitative estimate of drug-likeness (QED) is 0.184. The molecule has 0 spiro atoms. The third kappa shape index (κ3) is 5.58. The third-order valence-corrected chi connectivity index (χ3v) is 6.96. The van der Waals surface area contributed by atoms with Crippen LogP contribution in [0.5, 0.6) is 0 Å². The maximum Gasteiger partial charge on any atom is 0.269 e. The summed E-state index contributed by atoms with van der Waals surface area (Å²) in [5, 5.41) is 7.38. The van der Waals surface area contributed by atoms with Gasteiger partial charge in [-0.2, -0.15) is 0 Å². The molecule has 5 rings (SSSR count). The molecule has 0 aliphatic rings. The van der Waals surface area contributed by atoms with Crippen LogP contribution in [0.4, 0.5) is 0 Å². The topological polar surface area (TPSA) is 85.0 Å². The summed E-state index contributed by atoms with van der Waals surface area (Å²) in [5.74, 6) is -0.579. The molecule has 39 heavy (non-hydrogen) atoms. The van der Waals surface area contributed by atoms with Crippen LogP contribution in [-0.2, 0) is 18.6 Å². The standard InChI is InChI=1S/C32H29N5OS/c33-30(38)29-28(37(23-35-29)22-24-13-5-1-6-14-24)21-34-31(39)36-32(25-15-7-2-8-16-25,26-17-9-3-10-18-26)27-19-11-4-12-20-27/h1-20,23H,21-22H2,(H2,33,38)(H2,34,36,39). The summed E-state index contributed by atoms with van der Waals surface area (Å²) in [6.45, 7) is 0.825. The van der Waals surface area contributed by atoms with Gasteiger partial charge in [0, 0.05) is 6.54 Å². The number of rotatable bonds is 9. The highest BCUT2D eigenvalue weighted by Crippen LogP contribution is 2.36. The Morgan fingerprint density at radius 1 is 0.769 bits per heavy atom. The molecule has 0 fully saturated rings. The molecule has 1 heterocycles. The number of primary amides is 1. The first-order valence-electron chi connectivity index (χ1n) is 12.7. The molecule has 0 aliphatic heterocycles. The van der Waals surface area contributed by atoms with Gasteiger partial charge in [-0.3, -0.25) is 4.79 Å². The minimum atomic E-state index is -0.759. The van der Waals surface area contributed by atoms with Gasteiger partial charge in [0.1, 0.15) is 5.54 Å². The molecule has 5 aromatic rings. The number of benzene rings is 4. The van der Waals surface area contributed by atoms with Crippen LogP contribution >= 0.6 is 12.2 Å². The van der Waals surface area contributed by atoms with Crippen molar-refractivity contribution in [2.75, 3.05) is 0 Å². The van der Waals surface area contributed by atoms with Crippen molar-refractivity contribution in [1.82, 2.24) is 20.2 Å². The Hall–Kier alpha value is -4.75. The lowest BCUT2D eigenvalue weighted by Gasteiger charge is -2.38. The van der Waals surface area contributed by atoms with Gasteiger partial charge in [0.05, 0.1) is 18.6 Å². The van der Waals surface area contributed by atoms with Crippen molar-refractivity contribution in [2.24, 2.45) is 5.73 Å². The van der Waals surface area contributed by atoms with Crippen molar-refractivity contribution >= 4 is 23.2 Å². The predicted octanol–water partition coefficient (Wildman–Crippen LogP) is 4.99. The highest BCUT2D eigenvalue weighted by atomic mass is 32.1. The number of aromatic nitrogens is 2. The lowest BCUT2D eigenvalue weighted by molar-refractivity contribution is 0.0995. The summed E-state index contributed by atoms with van der Waals surface area (Å²) in [4.78, 5) is 16.5. The first kappa shape index (κ1) is 25.9. The summed E-state index contributed by atoms with van der Waals surface area (Å²) in [6, 6.07) is 40.7. The molecule has 0 unspecified atom stereocenters. The number of nitrogens with two attached hydrogens (primary N) is 1. The fourth-order valence-electron chi connectivity index (χ4n) is 4.87. The highest BCUT2D eigenvalue weighted by Gasteiger charge is 2.37.